The van der Waals surface area contributed by atoms with Crippen molar-refractivity contribution in [1.29, 1.82) is 52.6 Å². The van der Waals surface area contributed by atoms with E-state index >= 15 is 13.2 Å². The van der Waals surface area contributed by atoms with Gasteiger partial charge in [0.25, 0.3) is 0 Å². The molecule has 396 valence electrons. The van der Waals surface area contributed by atoms with Gasteiger partial charge in [-0.1, -0.05) is 54.6 Å². The Bertz CT molecular complexity index is 5200. The highest BCUT2D eigenvalue weighted by Gasteiger charge is 2.37. The van der Waals surface area contributed by atoms with Crippen molar-refractivity contribution in [1.82, 2.24) is 9.13 Å². The molecule has 0 amide bonds. The smallest absolute Gasteiger partial charge is 0.308 e. The lowest BCUT2D eigenvalue weighted by Crippen LogP contribution is -2.13. The molecule has 2 aliphatic carbocycles. The van der Waals surface area contributed by atoms with E-state index in [2.05, 4.69) is 60.7 Å². The molecule has 86 heavy (non-hydrogen) atoms. The fourth-order valence-corrected chi connectivity index (χ4v) is 11.7. The Balaban J connectivity index is 1.32. The predicted octanol–water partition coefficient (Wildman–Crippen LogP) is 14.0. The molecule has 2 aromatic heterocycles. The number of nitrogens with zero attached hydrogens (tertiary/aromatic N) is 12. The maximum absolute atomic E-state index is 16.3. The number of nitriles is 10. The summed E-state index contributed by atoms with van der Waals surface area (Å²) in [5.74, 6) is 0. The van der Waals surface area contributed by atoms with Crippen LogP contribution in [-0.4, -0.2) is 9.13 Å². The van der Waals surface area contributed by atoms with E-state index in [0.717, 1.165) is 12.1 Å². The lowest BCUT2D eigenvalue weighted by Gasteiger charge is -2.24. The molecular formula is C71H31F3N12. The lowest BCUT2D eigenvalue weighted by atomic mass is 9.90. The highest BCUT2D eigenvalue weighted by molar-refractivity contribution is 6.14. The zero-order valence-corrected chi connectivity index (χ0v) is 44.5. The Kier molecular flexibility index (Phi) is 13.0. The average Bonchev–Trinajstić information content (AvgIpc) is 1.59. The van der Waals surface area contributed by atoms with E-state index in [4.69, 9.17) is 0 Å². The van der Waals surface area contributed by atoms with E-state index in [1.165, 1.54) is 42.5 Å². The molecule has 8 aromatic carbocycles. The van der Waals surface area contributed by atoms with Gasteiger partial charge in [-0.2, -0.15) is 65.8 Å². The summed E-state index contributed by atoms with van der Waals surface area (Å²) in [4.78, 5) is 0. The molecule has 15 heteroatoms. The number of allylic oxidation sites excluding steroid dienone is 8. The zero-order chi connectivity index (χ0) is 60.1. The van der Waals surface area contributed by atoms with Gasteiger partial charge in [0.2, 0.25) is 0 Å². The number of fused-ring (bicyclic) bond motifs is 6. The van der Waals surface area contributed by atoms with Crippen LogP contribution in [0.4, 0.5) is 13.2 Å². The summed E-state index contributed by atoms with van der Waals surface area (Å²) in [5, 5.41) is 107. The van der Waals surface area contributed by atoms with Crippen molar-refractivity contribution in [3.63, 3.8) is 0 Å². The summed E-state index contributed by atoms with van der Waals surface area (Å²) < 4.78 is 52.2. The molecular weight excluding hydrogens is 1080 g/mol. The quantitative estimate of drug-likeness (QED) is 0.158. The first-order valence-electron chi connectivity index (χ1n) is 26.2. The molecule has 0 atom stereocenters. The van der Waals surface area contributed by atoms with Crippen molar-refractivity contribution in [2.24, 2.45) is 0 Å². The van der Waals surface area contributed by atoms with Crippen LogP contribution < -0.4 is 10.4 Å². The van der Waals surface area contributed by atoms with Crippen molar-refractivity contribution >= 4 is 54.8 Å². The van der Waals surface area contributed by atoms with Crippen LogP contribution in [0.1, 0.15) is 51.8 Å². The van der Waals surface area contributed by atoms with Crippen LogP contribution in [-0.2, 0) is 6.18 Å². The van der Waals surface area contributed by atoms with Crippen molar-refractivity contribution in [2.45, 2.75) is 19.0 Å². The first-order valence-corrected chi connectivity index (χ1v) is 26.2. The van der Waals surface area contributed by atoms with E-state index < -0.39 is 17.3 Å². The molecule has 0 N–H and O–H groups in total. The first kappa shape index (κ1) is 53.4. The van der Waals surface area contributed by atoms with E-state index in [9.17, 15) is 52.6 Å². The maximum Gasteiger partial charge on any atom is 0.417 e. The fraction of sp³-hybridized carbons (Fsp3) is 0.0423. The molecule has 10 aromatic rings. The minimum absolute atomic E-state index is 0.00338. The van der Waals surface area contributed by atoms with Gasteiger partial charge in [0, 0.05) is 56.7 Å². The molecule has 2 heterocycles. The van der Waals surface area contributed by atoms with E-state index in [0.29, 0.717) is 98.6 Å². The minimum atomic E-state index is -5.11. The molecule has 0 bridgehead atoms. The second-order valence-electron chi connectivity index (χ2n) is 20.4. The number of hydrogen-bond acceptors (Lipinski definition) is 10. The van der Waals surface area contributed by atoms with E-state index in [1.807, 2.05) is 24.3 Å². The van der Waals surface area contributed by atoms with Crippen LogP contribution in [0, 0.1) is 113 Å². The van der Waals surface area contributed by atoms with Crippen molar-refractivity contribution in [3.05, 3.63) is 236 Å². The van der Waals surface area contributed by atoms with Crippen LogP contribution in [0.3, 0.4) is 0 Å². The van der Waals surface area contributed by atoms with Gasteiger partial charge >= 0.3 is 6.18 Å². The Labute approximate surface area is 487 Å². The van der Waals surface area contributed by atoms with Gasteiger partial charge in [-0.05, 0) is 153 Å². The average molecular weight is 1110 g/mol. The van der Waals surface area contributed by atoms with Gasteiger partial charge in [-0.25, -0.2) is 0 Å². The fourth-order valence-electron chi connectivity index (χ4n) is 11.7. The summed E-state index contributed by atoms with van der Waals surface area (Å²) in [5.41, 5.74) is 4.17. The Morgan fingerprint density at radius 3 is 1.12 bits per heavy atom. The lowest BCUT2D eigenvalue weighted by molar-refractivity contribution is -0.137. The first-order chi connectivity index (χ1) is 41.7. The van der Waals surface area contributed by atoms with Crippen LogP contribution in [0.15, 0.2) is 186 Å². The molecule has 0 aliphatic heterocycles. The largest absolute Gasteiger partial charge is 0.417 e. The van der Waals surface area contributed by atoms with Crippen molar-refractivity contribution in [2.75, 3.05) is 0 Å². The van der Waals surface area contributed by atoms with Gasteiger partial charge in [-0.15, -0.1) is 0 Å². The molecule has 0 saturated heterocycles. The van der Waals surface area contributed by atoms with Crippen LogP contribution >= 0.6 is 0 Å². The number of halogens is 3. The third-order valence-electron chi connectivity index (χ3n) is 15.4. The van der Waals surface area contributed by atoms with Gasteiger partial charge in [0.1, 0.15) is 0 Å². The third kappa shape index (κ3) is 9.08. The van der Waals surface area contributed by atoms with Gasteiger partial charge in [0.15, 0.2) is 0 Å². The van der Waals surface area contributed by atoms with Crippen LogP contribution in [0.25, 0.3) is 99.5 Å². The number of hydrogen-bond donors (Lipinski definition) is 0. The molecule has 0 spiro atoms. The minimum Gasteiger partial charge on any atom is -0.308 e. The van der Waals surface area contributed by atoms with Gasteiger partial charge < -0.3 is 9.13 Å². The Morgan fingerprint density at radius 2 is 0.744 bits per heavy atom. The summed E-state index contributed by atoms with van der Waals surface area (Å²) in [6, 6.07) is 58.4. The normalized spacial score (nSPS) is 14.1. The summed E-state index contributed by atoms with van der Waals surface area (Å²) >= 11 is 0. The van der Waals surface area contributed by atoms with Crippen LogP contribution in [0.5, 0.6) is 0 Å². The van der Waals surface area contributed by atoms with Crippen molar-refractivity contribution < 1.29 is 13.2 Å². The topological polar surface area (TPSA) is 248 Å². The molecule has 0 radical (unpaired) electrons. The highest BCUT2D eigenvalue weighted by Crippen LogP contribution is 2.48. The number of rotatable bonds is 5. The van der Waals surface area contributed by atoms with Crippen molar-refractivity contribution in [3.8, 4) is 105 Å². The maximum atomic E-state index is 16.3. The molecule has 0 unspecified atom stereocenters. The Hall–Kier alpha value is -13.3. The summed E-state index contributed by atoms with van der Waals surface area (Å²) in [7, 11) is 0. The number of benzene rings is 8. The Morgan fingerprint density at radius 1 is 0.349 bits per heavy atom. The highest BCUT2D eigenvalue weighted by atomic mass is 19.4. The molecule has 12 rings (SSSR count). The monoisotopic (exact) mass is 1110 g/mol. The third-order valence-corrected chi connectivity index (χ3v) is 15.4. The zero-order valence-electron chi connectivity index (χ0n) is 44.5. The molecule has 12 nitrogen and oxygen atoms in total. The van der Waals surface area contributed by atoms with E-state index in [1.54, 1.807) is 94.1 Å². The molecule has 0 fully saturated rings. The number of aromatic nitrogens is 2. The van der Waals surface area contributed by atoms with Gasteiger partial charge in [-0.3, -0.25) is 0 Å². The standard InChI is InChI=1S/C71H31F3N12/c72-71(73,74)62-3-1-2-53(39-84)69(62)70-67(85-63-26-49(54-16-40(30-75)12-41(17-54)31-76)4-8-58(63)59-9-5-50(27-64(59)85)55-18-42(32-77)13-43(19-55)33-78)24-48(38-83)25-68(70)86-65-28-51(56-20-44(34-79)14-45(21-56)35-80)6-10-60(65)61-11-7-52(29-66(61)86)57-22-46(36-81)15-47(23-57)37-82/h1-20,22,24-29H,21,23H2. The second kappa shape index (κ2) is 21.0. The van der Waals surface area contributed by atoms with Gasteiger partial charge in [0.05, 0.1) is 144 Å². The SMILES string of the molecule is N#CC1=CC(=c2ccc3c4ccc(=C5C=C(C#N)C=C(C#N)C5)cc4n(-c4cc(C#N)cc(-n5c6cc(-c7cc(C#N)cc(C#N)c7)ccc6c6ccc(-c7cc(C#N)cc(C#N)c7)cc65)c4-c4c(C#N)cccc4C(F)(F)F)c3c2)CC(C#N)=C1. The van der Waals surface area contributed by atoms with E-state index in [-0.39, 0.29) is 74.3 Å². The summed E-state index contributed by atoms with van der Waals surface area (Å²) in [6.07, 6.45) is 1.47. The van der Waals surface area contributed by atoms with Crippen LogP contribution in [0.2, 0.25) is 0 Å². The predicted molar refractivity (Wildman–Crippen MR) is 315 cm³/mol. The summed E-state index contributed by atoms with van der Waals surface area (Å²) in [6.45, 7) is 0. The molecule has 2 aliphatic rings. The molecule has 0 saturated carbocycles. The number of alkyl halides is 3. The second-order valence-corrected chi connectivity index (χ2v) is 20.4.